The maximum atomic E-state index is 6.11. The minimum absolute atomic E-state index is 0.236. The second kappa shape index (κ2) is 6.71. The second-order valence-electron chi connectivity index (χ2n) is 7.95. The summed E-state index contributed by atoms with van der Waals surface area (Å²) < 4.78 is 5.86. The molecule has 140 valence electrons. The zero-order chi connectivity index (χ0) is 18.2. The van der Waals surface area contributed by atoms with Crippen molar-refractivity contribution in [2.24, 2.45) is 5.16 Å². The highest BCUT2D eigenvalue weighted by molar-refractivity contribution is 5.99. The molecule has 26 heavy (non-hydrogen) atoms. The van der Waals surface area contributed by atoms with E-state index in [1.807, 2.05) is 6.07 Å². The lowest BCUT2D eigenvalue weighted by molar-refractivity contribution is -0.179. The lowest BCUT2D eigenvalue weighted by Gasteiger charge is -2.47. The molecule has 1 aromatic carbocycles. The van der Waals surface area contributed by atoms with Gasteiger partial charge in [-0.3, -0.25) is 0 Å². The molecule has 0 unspecified atom stereocenters. The summed E-state index contributed by atoms with van der Waals surface area (Å²) in [6.45, 7) is 5.34. The van der Waals surface area contributed by atoms with Crippen molar-refractivity contribution in [3.63, 3.8) is 0 Å². The van der Waals surface area contributed by atoms with Crippen LogP contribution in [0.2, 0.25) is 0 Å². The zero-order valence-corrected chi connectivity index (χ0v) is 16.0. The summed E-state index contributed by atoms with van der Waals surface area (Å²) in [5.41, 5.74) is 0.347. The van der Waals surface area contributed by atoms with Gasteiger partial charge in [-0.2, -0.15) is 0 Å². The van der Waals surface area contributed by atoms with E-state index < -0.39 is 5.72 Å². The summed E-state index contributed by atoms with van der Waals surface area (Å²) in [5.74, 6) is 0.899. The van der Waals surface area contributed by atoms with Crippen LogP contribution in [0.15, 0.2) is 47.6 Å². The van der Waals surface area contributed by atoms with Crippen LogP contribution < -0.4 is 0 Å². The molecule has 0 amide bonds. The number of methoxy groups -OCH3 is 1. The van der Waals surface area contributed by atoms with Crippen LogP contribution in [-0.2, 0) is 9.57 Å². The van der Waals surface area contributed by atoms with E-state index in [1.54, 1.807) is 7.11 Å². The first-order chi connectivity index (χ1) is 12.6. The highest BCUT2D eigenvalue weighted by Crippen LogP contribution is 2.41. The normalized spacial score (nSPS) is 29.3. The molecule has 5 heteroatoms. The Bertz CT molecular complexity index is 700. The van der Waals surface area contributed by atoms with E-state index in [1.165, 1.54) is 0 Å². The predicted octanol–water partition coefficient (Wildman–Crippen LogP) is 3.92. The third kappa shape index (κ3) is 2.83. The second-order valence-corrected chi connectivity index (χ2v) is 7.95. The van der Waals surface area contributed by atoms with E-state index in [-0.39, 0.29) is 11.6 Å². The van der Waals surface area contributed by atoms with Gasteiger partial charge in [0.25, 0.3) is 0 Å². The highest BCUT2D eigenvalue weighted by Gasteiger charge is 2.52. The number of rotatable bonds is 4. The third-order valence-electron chi connectivity index (χ3n) is 5.98. The van der Waals surface area contributed by atoms with Crippen molar-refractivity contribution in [1.82, 2.24) is 10.0 Å². The van der Waals surface area contributed by atoms with Gasteiger partial charge in [-0.25, -0.2) is 10.0 Å². The van der Waals surface area contributed by atoms with E-state index in [0.717, 1.165) is 50.0 Å². The van der Waals surface area contributed by atoms with Crippen LogP contribution in [0.1, 0.15) is 51.5 Å². The molecule has 1 aromatic rings. The van der Waals surface area contributed by atoms with Crippen LogP contribution >= 0.6 is 0 Å². The molecule has 1 spiro atoms. The molecule has 3 aliphatic rings. The molecule has 5 nitrogen and oxygen atoms in total. The number of hydrogen-bond acceptors (Lipinski definition) is 5. The van der Waals surface area contributed by atoms with E-state index in [4.69, 9.17) is 9.57 Å². The predicted molar refractivity (Wildman–Crippen MR) is 102 cm³/mol. The van der Waals surface area contributed by atoms with Gasteiger partial charge in [-0.05, 0) is 45.6 Å². The Morgan fingerprint density at radius 2 is 2.04 bits per heavy atom. The topological polar surface area (TPSA) is 37.3 Å². The van der Waals surface area contributed by atoms with E-state index in [9.17, 15) is 0 Å². The summed E-state index contributed by atoms with van der Waals surface area (Å²) in [6.07, 6.45) is 9.84. The number of ether oxygens (including phenoxy) is 1. The molecule has 1 saturated heterocycles. The fourth-order valence-electron chi connectivity index (χ4n) is 4.39. The first-order valence-electron chi connectivity index (χ1n) is 9.69. The summed E-state index contributed by atoms with van der Waals surface area (Å²) >= 11 is 0. The fourth-order valence-corrected chi connectivity index (χ4v) is 4.39. The maximum Gasteiger partial charge on any atom is 0.243 e. The Balaban J connectivity index is 1.75. The fraction of sp³-hybridized carbons (Fsp3) is 0.571. The van der Waals surface area contributed by atoms with Crippen molar-refractivity contribution >= 4 is 5.84 Å². The summed E-state index contributed by atoms with van der Waals surface area (Å²) in [7, 11) is 1.81. The van der Waals surface area contributed by atoms with Gasteiger partial charge in [0.15, 0.2) is 5.84 Å². The van der Waals surface area contributed by atoms with Gasteiger partial charge < -0.3 is 9.57 Å². The van der Waals surface area contributed by atoms with Gasteiger partial charge in [0.1, 0.15) is 0 Å². The first kappa shape index (κ1) is 17.6. The molecule has 0 saturated carbocycles. The lowest BCUT2D eigenvalue weighted by atomic mass is 9.95. The summed E-state index contributed by atoms with van der Waals surface area (Å²) in [5, 5.41) is 9.32. The van der Waals surface area contributed by atoms with Crippen molar-refractivity contribution in [1.29, 1.82) is 0 Å². The van der Waals surface area contributed by atoms with Crippen LogP contribution in [0.5, 0.6) is 0 Å². The number of nitrogens with zero attached hydrogens (tertiary/aromatic N) is 3. The smallest absolute Gasteiger partial charge is 0.243 e. The SMILES string of the molecule is COC(C)(C)[C@@H]1CCCN1N1C(c2ccccc2)=NO[C@@]12C=CCCC2. The largest absolute Gasteiger partial charge is 0.377 e. The Labute approximate surface area is 156 Å². The number of oxime groups is 1. The number of hydrazine groups is 1. The standard InChI is InChI=1S/C21H29N3O2/c1-20(2,25-3)18-13-10-16-23(18)24-19(17-11-6-4-7-12-17)22-26-21(24)14-8-5-9-15-21/h4,6-8,11-12,14,18H,5,9-10,13,15-16H2,1-3H3/t18-,21+/m0/s1. The Kier molecular flexibility index (Phi) is 4.53. The molecular weight excluding hydrogens is 326 g/mol. The number of benzene rings is 1. The average Bonchev–Trinajstić information content (AvgIpc) is 3.28. The van der Waals surface area contributed by atoms with Gasteiger partial charge >= 0.3 is 0 Å². The van der Waals surface area contributed by atoms with Crippen LogP contribution in [-0.4, -0.2) is 46.9 Å². The monoisotopic (exact) mass is 355 g/mol. The number of amidine groups is 1. The average molecular weight is 355 g/mol. The van der Waals surface area contributed by atoms with Gasteiger partial charge in [0, 0.05) is 25.6 Å². The highest BCUT2D eigenvalue weighted by atomic mass is 16.7. The van der Waals surface area contributed by atoms with Crippen LogP contribution in [0.4, 0.5) is 0 Å². The minimum Gasteiger partial charge on any atom is -0.377 e. The Morgan fingerprint density at radius 1 is 1.23 bits per heavy atom. The molecule has 1 aliphatic carbocycles. The Hall–Kier alpha value is -1.85. The molecule has 0 radical (unpaired) electrons. The summed E-state index contributed by atoms with van der Waals surface area (Å²) in [6, 6.07) is 10.6. The zero-order valence-electron chi connectivity index (χ0n) is 16.0. The van der Waals surface area contributed by atoms with Crippen LogP contribution in [0.25, 0.3) is 0 Å². The van der Waals surface area contributed by atoms with Gasteiger partial charge in [-0.15, -0.1) is 0 Å². The molecule has 2 atom stereocenters. The minimum atomic E-state index is -0.504. The molecule has 0 N–H and O–H groups in total. The van der Waals surface area contributed by atoms with Crippen molar-refractivity contribution < 1.29 is 9.57 Å². The van der Waals surface area contributed by atoms with E-state index >= 15 is 0 Å². The number of allylic oxidation sites excluding steroid dienone is 1. The van der Waals surface area contributed by atoms with Gasteiger partial charge in [0.2, 0.25) is 5.72 Å². The van der Waals surface area contributed by atoms with Crippen molar-refractivity contribution in [2.45, 2.75) is 63.3 Å². The van der Waals surface area contributed by atoms with Crippen LogP contribution in [0.3, 0.4) is 0 Å². The molecule has 0 bridgehead atoms. The lowest BCUT2D eigenvalue weighted by Crippen LogP contribution is -2.62. The molecule has 2 aliphatic heterocycles. The van der Waals surface area contributed by atoms with Crippen molar-refractivity contribution in [3.05, 3.63) is 48.0 Å². The van der Waals surface area contributed by atoms with Crippen LogP contribution in [0, 0.1) is 0 Å². The maximum absolute atomic E-state index is 6.11. The third-order valence-corrected chi connectivity index (χ3v) is 5.98. The molecule has 1 fully saturated rings. The number of hydrogen-bond donors (Lipinski definition) is 0. The van der Waals surface area contributed by atoms with Gasteiger partial charge in [0.05, 0.1) is 11.6 Å². The molecular formula is C21H29N3O2. The van der Waals surface area contributed by atoms with E-state index in [0.29, 0.717) is 0 Å². The van der Waals surface area contributed by atoms with E-state index in [2.05, 4.69) is 65.4 Å². The Morgan fingerprint density at radius 3 is 2.73 bits per heavy atom. The summed E-state index contributed by atoms with van der Waals surface area (Å²) in [4.78, 5) is 6.11. The first-order valence-corrected chi connectivity index (χ1v) is 9.69. The van der Waals surface area contributed by atoms with Crippen molar-refractivity contribution in [2.75, 3.05) is 13.7 Å². The van der Waals surface area contributed by atoms with Crippen molar-refractivity contribution in [3.8, 4) is 0 Å². The molecule has 0 aromatic heterocycles. The quantitative estimate of drug-likeness (QED) is 0.767. The molecule has 4 rings (SSSR count). The van der Waals surface area contributed by atoms with Gasteiger partial charge in [-0.1, -0.05) is 41.6 Å². The molecule has 2 heterocycles.